The number of hydrogen-bond donors (Lipinski definition) is 1. The van der Waals surface area contributed by atoms with Crippen LogP contribution >= 0.6 is 0 Å². The zero-order valence-corrected chi connectivity index (χ0v) is 13.6. The minimum Gasteiger partial charge on any atom is -0.392 e. The maximum absolute atomic E-state index is 12.4. The fourth-order valence-electron chi connectivity index (χ4n) is 6.30. The molecule has 120 valence electrons. The summed E-state index contributed by atoms with van der Waals surface area (Å²) in [6.07, 6.45) is 7.23. The first-order chi connectivity index (χ1) is 10.4. The van der Waals surface area contributed by atoms with Gasteiger partial charge in [0.2, 0.25) is 0 Å². The molecule has 0 aromatic carbocycles. The summed E-state index contributed by atoms with van der Waals surface area (Å²) in [6, 6.07) is 0. The lowest BCUT2D eigenvalue weighted by atomic mass is 9.47. The number of ketones is 2. The highest BCUT2D eigenvalue weighted by atomic mass is 16.3. The van der Waals surface area contributed by atoms with Gasteiger partial charge in [-0.3, -0.25) is 9.59 Å². The Morgan fingerprint density at radius 3 is 2.55 bits per heavy atom. The Bertz CT molecular complexity index is 577. The Morgan fingerprint density at radius 2 is 1.77 bits per heavy atom. The van der Waals surface area contributed by atoms with Crippen LogP contribution in [-0.2, 0) is 9.59 Å². The molecule has 4 aliphatic rings. The summed E-state index contributed by atoms with van der Waals surface area (Å²) >= 11 is 0. The van der Waals surface area contributed by atoms with E-state index in [0.717, 1.165) is 25.7 Å². The Labute approximate surface area is 132 Å². The smallest absolute Gasteiger partial charge is 0.155 e. The van der Waals surface area contributed by atoms with Gasteiger partial charge in [0.15, 0.2) is 5.78 Å². The molecule has 3 nitrogen and oxygen atoms in total. The Morgan fingerprint density at radius 1 is 1.05 bits per heavy atom. The third kappa shape index (κ3) is 1.72. The first-order valence-corrected chi connectivity index (χ1v) is 8.81. The van der Waals surface area contributed by atoms with Crippen LogP contribution in [-0.4, -0.2) is 22.8 Å². The van der Waals surface area contributed by atoms with Crippen LogP contribution in [0.25, 0.3) is 0 Å². The highest BCUT2D eigenvalue weighted by Gasteiger charge is 2.61. The van der Waals surface area contributed by atoms with Crippen LogP contribution in [0.4, 0.5) is 0 Å². The predicted molar refractivity (Wildman–Crippen MR) is 83.1 cm³/mol. The van der Waals surface area contributed by atoms with Crippen LogP contribution in [0.3, 0.4) is 0 Å². The van der Waals surface area contributed by atoms with Gasteiger partial charge in [-0.05, 0) is 61.3 Å². The zero-order valence-electron chi connectivity index (χ0n) is 13.6. The SMILES string of the molecule is C[C@]12CCC(=O)C=C1C[C@@H](O)[C@@H]1[C@@H]2CC[C@]2(C)C(=O)CC[C@@H]12. The van der Waals surface area contributed by atoms with Gasteiger partial charge in [0.1, 0.15) is 5.78 Å². The van der Waals surface area contributed by atoms with Crippen molar-refractivity contribution >= 4 is 11.6 Å². The van der Waals surface area contributed by atoms with Gasteiger partial charge in [-0.25, -0.2) is 0 Å². The number of aliphatic hydroxyl groups excluding tert-OH is 1. The lowest BCUT2D eigenvalue weighted by Gasteiger charge is -2.58. The van der Waals surface area contributed by atoms with Crippen molar-refractivity contribution in [3.63, 3.8) is 0 Å². The third-order valence-corrected chi connectivity index (χ3v) is 7.69. The predicted octanol–water partition coefficient (Wildman–Crippen LogP) is 3.06. The molecule has 0 bridgehead atoms. The largest absolute Gasteiger partial charge is 0.392 e. The second kappa shape index (κ2) is 4.53. The second-order valence-corrected chi connectivity index (χ2v) is 8.53. The van der Waals surface area contributed by atoms with Crippen molar-refractivity contribution in [2.45, 2.75) is 64.9 Å². The number of fused-ring (bicyclic) bond motifs is 5. The lowest BCUT2D eigenvalue weighted by Crippen LogP contribution is -2.55. The Kier molecular flexibility index (Phi) is 3.01. The average Bonchev–Trinajstić information content (AvgIpc) is 2.77. The van der Waals surface area contributed by atoms with Crippen LogP contribution in [0, 0.1) is 28.6 Å². The molecule has 0 saturated heterocycles. The second-order valence-electron chi connectivity index (χ2n) is 8.53. The zero-order chi connectivity index (χ0) is 15.7. The summed E-state index contributed by atoms with van der Waals surface area (Å²) in [5, 5.41) is 10.8. The molecule has 0 aromatic rings. The van der Waals surface area contributed by atoms with E-state index in [1.807, 2.05) is 6.08 Å². The molecule has 3 fully saturated rings. The van der Waals surface area contributed by atoms with Crippen LogP contribution < -0.4 is 0 Å². The molecule has 4 aliphatic carbocycles. The molecule has 0 amide bonds. The molecule has 0 spiro atoms. The molecule has 0 radical (unpaired) electrons. The topological polar surface area (TPSA) is 54.4 Å². The van der Waals surface area contributed by atoms with Crippen molar-refractivity contribution in [3.05, 3.63) is 11.6 Å². The molecule has 22 heavy (non-hydrogen) atoms. The summed E-state index contributed by atoms with van der Waals surface area (Å²) in [5.41, 5.74) is 1.03. The van der Waals surface area contributed by atoms with Crippen LogP contribution in [0.15, 0.2) is 11.6 Å². The number of carbonyl (C=O) groups is 2. The molecule has 0 unspecified atom stereocenters. The normalized spacial score (nSPS) is 51.0. The first kappa shape index (κ1) is 14.6. The molecular formula is C19H26O3. The van der Waals surface area contributed by atoms with Crippen molar-refractivity contribution in [1.29, 1.82) is 0 Å². The summed E-state index contributed by atoms with van der Waals surface area (Å²) in [5.74, 6) is 1.63. The number of carbonyl (C=O) groups excluding carboxylic acids is 2. The number of Topliss-reactive ketones (excluding diaryl/α,β-unsaturated/α-hetero) is 1. The Hall–Kier alpha value is -0.960. The number of hydrogen-bond acceptors (Lipinski definition) is 3. The van der Waals surface area contributed by atoms with Crippen LogP contribution in [0.2, 0.25) is 0 Å². The van der Waals surface area contributed by atoms with Crippen molar-refractivity contribution in [2.75, 3.05) is 0 Å². The standard InChI is InChI=1S/C19H26O3/c1-18-7-5-12(20)9-11(18)10-15(21)17-13-3-4-16(22)19(13,2)8-6-14(17)18/h9,13-15,17,21H,3-8,10H2,1-2H3/t13-,14-,15+,17-,18-,19-/m0/s1. The molecular weight excluding hydrogens is 276 g/mol. The van der Waals surface area contributed by atoms with Crippen molar-refractivity contribution in [1.82, 2.24) is 0 Å². The maximum Gasteiger partial charge on any atom is 0.155 e. The molecule has 0 aliphatic heterocycles. The summed E-state index contributed by atoms with van der Waals surface area (Å²) in [4.78, 5) is 24.2. The van der Waals surface area contributed by atoms with Gasteiger partial charge in [0.25, 0.3) is 0 Å². The van der Waals surface area contributed by atoms with E-state index >= 15 is 0 Å². The van der Waals surface area contributed by atoms with Crippen LogP contribution in [0.1, 0.15) is 58.8 Å². The fourth-order valence-corrected chi connectivity index (χ4v) is 6.30. The van der Waals surface area contributed by atoms with Gasteiger partial charge in [0.05, 0.1) is 6.10 Å². The van der Waals surface area contributed by atoms with Crippen molar-refractivity contribution in [3.8, 4) is 0 Å². The molecule has 0 aromatic heterocycles. The summed E-state index contributed by atoms with van der Waals surface area (Å²) in [6.45, 7) is 4.43. The van der Waals surface area contributed by atoms with Gasteiger partial charge in [-0.1, -0.05) is 19.4 Å². The molecule has 3 heteroatoms. The van der Waals surface area contributed by atoms with E-state index in [4.69, 9.17) is 0 Å². The number of rotatable bonds is 0. The van der Waals surface area contributed by atoms with Gasteiger partial charge in [-0.2, -0.15) is 0 Å². The van der Waals surface area contributed by atoms with E-state index in [9.17, 15) is 14.7 Å². The lowest BCUT2D eigenvalue weighted by molar-refractivity contribution is -0.139. The molecule has 0 heterocycles. The monoisotopic (exact) mass is 302 g/mol. The minimum atomic E-state index is -0.384. The quantitative estimate of drug-likeness (QED) is 0.748. The van der Waals surface area contributed by atoms with Gasteiger partial charge >= 0.3 is 0 Å². The maximum atomic E-state index is 12.4. The van der Waals surface area contributed by atoms with E-state index in [1.54, 1.807) is 0 Å². The number of aliphatic hydroxyl groups is 1. The van der Waals surface area contributed by atoms with E-state index < -0.39 is 0 Å². The minimum absolute atomic E-state index is 0.0603. The van der Waals surface area contributed by atoms with Crippen LogP contribution in [0.5, 0.6) is 0 Å². The summed E-state index contributed by atoms with van der Waals surface area (Å²) < 4.78 is 0. The van der Waals surface area contributed by atoms with Crippen molar-refractivity contribution < 1.29 is 14.7 Å². The molecule has 3 saturated carbocycles. The van der Waals surface area contributed by atoms with Gasteiger partial charge < -0.3 is 5.11 Å². The van der Waals surface area contributed by atoms with E-state index in [2.05, 4.69) is 13.8 Å². The Balaban J connectivity index is 1.75. The first-order valence-electron chi connectivity index (χ1n) is 8.81. The molecule has 1 N–H and O–H groups in total. The summed E-state index contributed by atoms with van der Waals surface area (Å²) in [7, 11) is 0. The van der Waals surface area contributed by atoms with Crippen molar-refractivity contribution in [2.24, 2.45) is 28.6 Å². The van der Waals surface area contributed by atoms with Gasteiger partial charge in [-0.15, -0.1) is 0 Å². The average molecular weight is 302 g/mol. The molecule has 6 atom stereocenters. The molecule has 4 rings (SSSR count). The highest BCUT2D eigenvalue weighted by molar-refractivity contribution is 5.91. The van der Waals surface area contributed by atoms with E-state index in [0.29, 0.717) is 36.9 Å². The van der Waals surface area contributed by atoms with E-state index in [-0.39, 0.29) is 28.6 Å². The third-order valence-electron chi connectivity index (χ3n) is 7.69. The highest BCUT2D eigenvalue weighted by Crippen LogP contribution is 2.64. The van der Waals surface area contributed by atoms with Gasteiger partial charge in [0, 0.05) is 18.3 Å². The van der Waals surface area contributed by atoms with E-state index in [1.165, 1.54) is 5.57 Å². The fraction of sp³-hybridized carbons (Fsp3) is 0.789.